The smallest absolute Gasteiger partial charge is 0.308 e. The van der Waals surface area contributed by atoms with E-state index in [4.69, 9.17) is 21.1 Å². The molecule has 0 saturated carbocycles. The minimum Gasteiger partial charge on any atom is -0.469 e. The first-order valence-corrected chi connectivity index (χ1v) is 10.4. The second kappa shape index (κ2) is 10.9. The summed E-state index contributed by atoms with van der Waals surface area (Å²) in [4.78, 5) is 16.1. The molecule has 0 aliphatic heterocycles. The third kappa shape index (κ3) is 5.91. The van der Waals surface area contributed by atoms with Gasteiger partial charge in [-0.05, 0) is 59.9 Å². The second-order valence-corrected chi connectivity index (χ2v) is 7.51. The summed E-state index contributed by atoms with van der Waals surface area (Å²) in [5.74, 6) is -0.278. The minimum atomic E-state index is -0.287. The molecule has 156 valence electrons. The molecule has 1 unspecified atom stereocenters. The molecule has 2 atom stereocenters. The van der Waals surface area contributed by atoms with E-state index in [1.165, 1.54) is 7.11 Å². The maximum atomic E-state index is 12.0. The van der Waals surface area contributed by atoms with Gasteiger partial charge in [0.05, 0.1) is 19.6 Å². The van der Waals surface area contributed by atoms with Gasteiger partial charge in [-0.2, -0.15) is 0 Å². The van der Waals surface area contributed by atoms with E-state index in [1.807, 2.05) is 43.3 Å². The predicted octanol–water partition coefficient (Wildman–Crippen LogP) is 5.70. The van der Waals surface area contributed by atoms with E-state index in [0.29, 0.717) is 11.6 Å². The van der Waals surface area contributed by atoms with Gasteiger partial charge in [-0.15, -0.1) is 0 Å². The van der Waals surface area contributed by atoms with E-state index in [2.05, 4.69) is 29.2 Å². The van der Waals surface area contributed by atoms with Crippen LogP contribution in [-0.2, 0) is 20.7 Å². The molecule has 3 aromatic rings. The fourth-order valence-corrected chi connectivity index (χ4v) is 3.71. The third-order valence-electron chi connectivity index (χ3n) is 5.15. The molecule has 3 rings (SSSR count). The maximum absolute atomic E-state index is 12.0. The van der Waals surface area contributed by atoms with Crippen molar-refractivity contribution in [3.8, 4) is 11.1 Å². The number of carbonyl (C=O) groups is 1. The highest BCUT2D eigenvalue weighted by atomic mass is 35.5. The molecule has 0 saturated heterocycles. The van der Waals surface area contributed by atoms with Crippen molar-refractivity contribution in [1.29, 1.82) is 0 Å². The van der Waals surface area contributed by atoms with Crippen LogP contribution in [0.1, 0.15) is 30.4 Å². The van der Waals surface area contributed by atoms with Crippen molar-refractivity contribution in [1.82, 2.24) is 4.98 Å². The summed E-state index contributed by atoms with van der Waals surface area (Å²) < 4.78 is 10.9. The van der Waals surface area contributed by atoms with Crippen molar-refractivity contribution in [2.24, 2.45) is 0 Å². The lowest BCUT2D eigenvalue weighted by Gasteiger charge is -2.27. The number of nitrogens with zero attached hydrogens (tertiary/aromatic N) is 1. The summed E-state index contributed by atoms with van der Waals surface area (Å²) in [7, 11) is 1.41. The molecule has 0 fully saturated rings. The number of esters is 1. The Hall–Kier alpha value is -2.69. The molecule has 2 aromatic carbocycles. The van der Waals surface area contributed by atoms with Gasteiger partial charge in [0.25, 0.3) is 0 Å². The lowest BCUT2D eigenvalue weighted by molar-refractivity contribution is -0.144. The quantitative estimate of drug-likeness (QED) is 0.414. The van der Waals surface area contributed by atoms with Crippen LogP contribution in [0.25, 0.3) is 11.1 Å². The summed E-state index contributed by atoms with van der Waals surface area (Å²) >= 11 is 6.05. The van der Waals surface area contributed by atoms with Crippen molar-refractivity contribution < 1.29 is 14.3 Å². The van der Waals surface area contributed by atoms with Gasteiger partial charge in [0, 0.05) is 29.9 Å². The van der Waals surface area contributed by atoms with E-state index in [1.54, 1.807) is 12.4 Å². The molecule has 0 spiro atoms. The van der Waals surface area contributed by atoms with Crippen LogP contribution in [0.5, 0.6) is 0 Å². The zero-order valence-electron chi connectivity index (χ0n) is 17.3. The van der Waals surface area contributed by atoms with Gasteiger partial charge >= 0.3 is 5.97 Å². The first kappa shape index (κ1) is 22.0. The van der Waals surface area contributed by atoms with Gasteiger partial charge in [0.1, 0.15) is 0 Å². The number of aromatic nitrogens is 1. The van der Waals surface area contributed by atoms with Crippen LogP contribution in [0.2, 0.25) is 5.02 Å². The Bertz CT molecular complexity index is 927. The lowest BCUT2D eigenvalue weighted by Crippen LogP contribution is -2.28. The maximum Gasteiger partial charge on any atom is 0.308 e. The predicted molar refractivity (Wildman–Crippen MR) is 120 cm³/mol. The normalized spacial score (nSPS) is 12.9. The highest BCUT2D eigenvalue weighted by molar-refractivity contribution is 6.30. The van der Waals surface area contributed by atoms with Crippen LogP contribution in [0.15, 0.2) is 73.1 Å². The van der Waals surface area contributed by atoms with Crippen LogP contribution < -0.4 is 0 Å². The second-order valence-electron chi connectivity index (χ2n) is 7.07. The lowest BCUT2D eigenvalue weighted by atomic mass is 9.85. The molecule has 0 aliphatic rings. The minimum absolute atomic E-state index is 0.00304. The fourth-order valence-electron chi connectivity index (χ4n) is 3.58. The van der Waals surface area contributed by atoms with Crippen molar-refractivity contribution in [2.45, 2.75) is 31.8 Å². The van der Waals surface area contributed by atoms with Crippen molar-refractivity contribution in [3.05, 3.63) is 89.2 Å². The number of ether oxygens (including phenoxy) is 2. The topological polar surface area (TPSA) is 48.4 Å². The van der Waals surface area contributed by atoms with Crippen LogP contribution in [-0.4, -0.2) is 30.8 Å². The highest BCUT2D eigenvalue weighted by Gasteiger charge is 2.27. The number of benzene rings is 2. The molecule has 0 N–H and O–H groups in total. The molecule has 5 heteroatoms. The van der Waals surface area contributed by atoms with E-state index in [9.17, 15) is 4.79 Å². The van der Waals surface area contributed by atoms with Crippen LogP contribution in [0.4, 0.5) is 0 Å². The zero-order valence-corrected chi connectivity index (χ0v) is 18.0. The number of hydrogen-bond acceptors (Lipinski definition) is 4. The molecule has 0 amide bonds. The SMILES string of the molecule is CCOC(CC(=O)OC)[C@H](Cc1ccc(Cl)cc1)c1ccc(-c2ccncc2)cc1. The standard InChI is InChI=1S/C25H26ClNO3/c1-3-30-24(17-25(28)29-2)23(16-18-4-10-22(26)11-5-18)21-8-6-19(7-9-21)20-12-14-27-15-13-20/h4-15,23-24H,3,16-17H2,1-2H3/t23-,24?/m1/s1. The molecule has 0 bridgehead atoms. The molecule has 30 heavy (non-hydrogen) atoms. The van der Waals surface area contributed by atoms with Gasteiger partial charge in [0.2, 0.25) is 0 Å². The highest BCUT2D eigenvalue weighted by Crippen LogP contribution is 2.31. The molecule has 4 nitrogen and oxygen atoms in total. The van der Waals surface area contributed by atoms with Crippen molar-refractivity contribution in [2.75, 3.05) is 13.7 Å². The third-order valence-corrected chi connectivity index (χ3v) is 5.40. The summed E-state index contributed by atoms with van der Waals surface area (Å²) in [5, 5.41) is 0.702. The Kier molecular flexibility index (Phi) is 8.00. The zero-order chi connectivity index (χ0) is 21.3. The summed E-state index contributed by atoms with van der Waals surface area (Å²) in [6, 6.07) is 20.2. The van der Waals surface area contributed by atoms with Gasteiger partial charge in [-0.1, -0.05) is 48.0 Å². The number of rotatable bonds is 9. The van der Waals surface area contributed by atoms with Gasteiger partial charge in [0.15, 0.2) is 0 Å². The first-order chi connectivity index (χ1) is 14.6. The van der Waals surface area contributed by atoms with Gasteiger partial charge in [-0.25, -0.2) is 0 Å². The Labute approximate surface area is 182 Å². The molecule has 0 aliphatic carbocycles. The summed E-state index contributed by atoms with van der Waals surface area (Å²) in [5.41, 5.74) is 4.48. The van der Waals surface area contributed by atoms with Gasteiger partial charge in [-0.3, -0.25) is 9.78 Å². The van der Waals surface area contributed by atoms with Gasteiger partial charge < -0.3 is 9.47 Å². The van der Waals surface area contributed by atoms with E-state index < -0.39 is 0 Å². The monoisotopic (exact) mass is 423 g/mol. The molecule has 1 aromatic heterocycles. The number of carbonyl (C=O) groups excluding carboxylic acids is 1. The Morgan fingerprint density at radius 2 is 1.60 bits per heavy atom. The van der Waals surface area contributed by atoms with Crippen LogP contribution in [0.3, 0.4) is 0 Å². The molecule has 1 heterocycles. The van der Waals surface area contributed by atoms with Crippen LogP contribution >= 0.6 is 11.6 Å². The molecular formula is C25H26ClNO3. The average molecular weight is 424 g/mol. The fraction of sp³-hybridized carbons (Fsp3) is 0.280. The average Bonchev–Trinajstić information content (AvgIpc) is 2.79. The number of methoxy groups -OCH3 is 1. The van der Waals surface area contributed by atoms with Crippen molar-refractivity contribution in [3.63, 3.8) is 0 Å². The van der Waals surface area contributed by atoms with Crippen molar-refractivity contribution >= 4 is 17.6 Å². The number of pyridine rings is 1. The molecule has 0 radical (unpaired) electrons. The Morgan fingerprint density at radius 3 is 2.20 bits per heavy atom. The summed E-state index contributed by atoms with van der Waals surface area (Å²) in [6.07, 6.45) is 4.22. The Balaban J connectivity index is 1.92. The Morgan fingerprint density at radius 1 is 0.967 bits per heavy atom. The number of halogens is 1. The largest absolute Gasteiger partial charge is 0.469 e. The van der Waals surface area contributed by atoms with E-state index in [0.717, 1.165) is 28.7 Å². The first-order valence-electron chi connectivity index (χ1n) is 10.0. The summed E-state index contributed by atoms with van der Waals surface area (Å²) in [6.45, 7) is 2.46. The van der Waals surface area contributed by atoms with E-state index >= 15 is 0 Å². The van der Waals surface area contributed by atoms with Crippen LogP contribution in [0, 0.1) is 0 Å². The number of hydrogen-bond donors (Lipinski definition) is 0. The molecular weight excluding hydrogens is 398 g/mol. The van der Waals surface area contributed by atoms with E-state index in [-0.39, 0.29) is 24.4 Å².